The second-order valence-electron chi connectivity index (χ2n) is 5.87. The van der Waals surface area contributed by atoms with Crippen LogP contribution < -0.4 is 10.5 Å². The number of benzene rings is 2. The van der Waals surface area contributed by atoms with Crippen LogP contribution in [0.15, 0.2) is 41.3 Å². The van der Waals surface area contributed by atoms with Gasteiger partial charge in [0.05, 0.1) is 4.92 Å². The highest BCUT2D eigenvalue weighted by Crippen LogP contribution is 2.34. The second-order valence-corrected chi connectivity index (χ2v) is 7.52. The minimum atomic E-state index is -4.42. The van der Waals surface area contributed by atoms with Crippen LogP contribution in [-0.2, 0) is 16.4 Å². The molecule has 1 aliphatic rings. The number of hydrogen-bond acceptors (Lipinski definition) is 5. The van der Waals surface area contributed by atoms with Gasteiger partial charge in [-0.1, -0.05) is 12.1 Å². The van der Waals surface area contributed by atoms with E-state index in [1.807, 2.05) is 0 Å². The topological polar surface area (TPSA) is 115 Å². The Bertz CT molecular complexity index is 946. The molecule has 0 heterocycles. The molecule has 3 rings (SSSR count). The number of fused-ring (bicyclic) bond motifs is 1. The van der Waals surface area contributed by atoms with Gasteiger partial charge in [-0.25, -0.2) is 17.5 Å². The smallest absolute Gasteiger partial charge is 0.292 e. The van der Waals surface area contributed by atoms with Gasteiger partial charge in [0.1, 0.15) is 5.82 Å². The van der Waals surface area contributed by atoms with Crippen LogP contribution in [0.1, 0.15) is 30.0 Å². The van der Waals surface area contributed by atoms with Crippen molar-refractivity contribution in [3.05, 3.63) is 63.5 Å². The third-order valence-corrected chi connectivity index (χ3v) is 5.73. The summed E-state index contributed by atoms with van der Waals surface area (Å²) in [6.07, 6.45) is 2.00. The van der Waals surface area contributed by atoms with Crippen LogP contribution in [0, 0.1) is 15.9 Å². The van der Waals surface area contributed by atoms with Crippen LogP contribution in [0.5, 0.6) is 0 Å². The van der Waals surface area contributed by atoms with Gasteiger partial charge in [-0.2, -0.15) is 0 Å². The number of halogens is 1. The average molecular weight is 365 g/mol. The first kappa shape index (κ1) is 17.3. The van der Waals surface area contributed by atoms with Crippen molar-refractivity contribution in [2.45, 2.75) is 30.2 Å². The Morgan fingerprint density at radius 1 is 1.28 bits per heavy atom. The van der Waals surface area contributed by atoms with E-state index < -0.39 is 37.4 Å². The molecule has 0 radical (unpaired) electrons. The number of nitro benzene ring substituents is 1. The van der Waals surface area contributed by atoms with Crippen molar-refractivity contribution < 1.29 is 17.7 Å². The van der Waals surface area contributed by atoms with Crippen LogP contribution in [-0.4, -0.2) is 13.3 Å². The van der Waals surface area contributed by atoms with Crippen molar-refractivity contribution in [2.75, 3.05) is 5.73 Å². The summed E-state index contributed by atoms with van der Waals surface area (Å²) in [4.78, 5) is 9.23. The third kappa shape index (κ3) is 3.33. The highest BCUT2D eigenvalue weighted by Gasteiger charge is 2.33. The van der Waals surface area contributed by atoms with Gasteiger partial charge in [0, 0.05) is 17.8 Å². The fraction of sp³-hybridized carbons (Fsp3) is 0.250. The minimum Gasteiger partial charge on any atom is -0.399 e. The Balaban J connectivity index is 2.01. The van der Waals surface area contributed by atoms with E-state index >= 15 is 0 Å². The lowest BCUT2D eigenvalue weighted by Gasteiger charge is -2.26. The second kappa shape index (κ2) is 6.41. The summed E-state index contributed by atoms with van der Waals surface area (Å²) < 4.78 is 41.8. The SMILES string of the molecule is Nc1ccc2c(c1)CCCC2NS(=O)(=O)c1c(F)cccc1[N+](=O)[O-]. The number of nitrogens with two attached hydrogens (primary N) is 1. The number of nitro groups is 1. The maximum atomic E-state index is 14.1. The summed E-state index contributed by atoms with van der Waals surface area (Å²) in [6.45, 7) is 0. The van der Waals surface area contributed by atoms with Crippen LogP contribution in [0.3, 0.4) is 0 Å². The first-order chi connectivity index (χ1) is 11.8. The van der Waals surface area contributed by atoms with E-state index in [1.165, 1.54) is 0 Å². The Hall–Kier alpha value is -2.52. The standard InChI is InChI=1S/C16H16FN3O4S/c17-13-4-2-6-15(20(21)22)16(13)25(23,24)19-14-5-1-3-10-9-11(18)7-8-12(10)14/h2,4,6-9,14,19H,1,3,5,18H2. The monoisotopic (exact) mass is 365 g/mol. The molecule has 0 spiro atoms. The molecule has 2 aromatic rings. The van der Waals surface area contributed by atoms with Gasteiger partial charge >= 0.3 is 0 Å². The van der Waals surface area contributed by atoms with Crippen LogP contribution >= 0.6 is 0 Å². The number of nitrogens with one attached hydrogen (secondary N) is 1. The van der Waals surface area contributed by atoms with E-state index in [9.17, 15) is 22.9 Å². The van der Waals surface area contributed by atoms with Gasteiger partial charge in [0.25, 0.3) is 15.7 Å². The van der Waals surface area contributed by atoms with Crippen molar-refractivity contribution in [1.29, 1.82) is 0 Å². The van der Waals surface area contributed by atoms with Crippen molar-refractivity contribution in [3.63, 3.8) is 0 Å². The van der Waals surface area contributed by atoms with E-state index in [-0.39, 0.29) is 0 Å². The van der Waals surface area contributed by atoms with E-state index in [1.54, 1.807) is 18.2 Å². The molecule has 0 fully saturated rings. The molecule has 0 aliphatic heterocycles. The Labute approximate surface area is 143 Å². The quantitative estimate of drug-likeness (QED) is 0.491. The lowest BCUT2D eigenvalue weighted by atomic mass is 9.88. The molecular formula is C16H16FN3O4S. The number of rotatable bonds is 4. The normalized spacial score (nSPS) is 17.1. The maximum Gasteiger partial charge on any atom is 0.292 e. The molecular weight excluding hydrogens is 349 g/mol. The van der Waals surface area contributed by atoms with E-state index in [0.29, 0.717) is 12.1 Å². The highest BCUT2D eigenvalue weighted by atomic mass is 32.2. The Morgan fingerprint density at radius 3 is 2.76 bits per heavy atom. The van der Waals surface area contributed by atoms with Gasteiger partial charge in [-0.3, -0.25) is 10.1 Å². The van der Waals surface area contributed by atoms with Crippen LogP contribution in [0.25, 0.3) is 0 Å². The Morgan fingerprint density at radius 2 is 2.04 bits per heavy atom. The van der Waals surface area contributed by atoms with Gasteiger partial charge < -0.3 is 5.73 Å². The van der Waals surface area contributed by atoms with Gasteiger partial charge in [-0.15, -0.1) is 0 Å². The maximum absolute atomic E-state index is 14.1. The fourth-order valence-electron chi connectivity index (χ4n) is 3.11. The summed E-state index contributed by atoms with van der Waals surface area (Å²) in [5.74, 6) is -1.16. The summed E-state index contributed by atoms with van der Waals surface area (Å²) >= 11 is 0. The molecule has 3 N–H and O–H groups in total. The summed E-state index contributed by atoms with van der Waals surface area (Å²) in [6, 6.07) is 7.54. The highest BCUT2D eigenvalue weighted by molar-refractivity contribution is 7.89. The first-order valence-corrected chi connectivity index (χ1v) is 9.11. The lowest BCUT2D eigenvalue weighted by Crippen LogP contribution is -2.32. The van der Waals surface area contributed by atoms with Crippen molar-refractivity contribution >= 4 is 21.4 Å². The van der Waals surface area contributed by atoms with Crippen LogP contribution in [0.2, 0.25) is 0 Å². The molecule has 1 aliphatic carbocycles. The van der Waals surface area contributed by atoms with Gasteiger partial charge in [0.2, 0.25) is 0 Å². The van der Waals surface area contributed by atoms with Crippen molar-refractivity contribution in [1.82, 2.24) is 4.72 Å². The molecule has 25 heavy (non-hydrogen) atoms. The number of sulfonamides is 1. The number of aryl methyl sites for hydroxylation is 1. The molecule has 9 heteroatoms. The van der Waals surface area contributed by atoms with Gasteiger partial charge in [-0.05, 0) is 48.6 Å². The van der Waals surface area contributed by atoms with Crippen LogP contribution in [0.4, 0.5) is 15.8 Å². The molecule has 0 bridgehead atoms. The van der Waals surface area contributed by atoms with E-state index in [4.69, 9.17) is 5.73 Å². The van der Waals surface area contributed by atoms with Crippen molar-refractivity contribution in [2.24, 2.45) is 0 Å². The molecule has 7 nitrogen and oxygen atoms in total. The number of nitrogen functional groups attached to an aromatic ring is 1. The summed E-state index contributed by atoms with van der Waals surface area (Å²) in [5, 5.41) is 11.1. The Kier molecular flexibility index (Phi) is 4.44. The summed E-state index contributed by atoms with van der Waals surface area (Å²) in [5.41, 5.74) is 7.21. The van der Waals surface area contributed by atoms with E-state index in [2.05, 4.69) is 4.72 Å². The fourth-order valence-corrected chi connectivity index (χ4v) is 4.59. The molecule has 2 aromatic carbocycles. The largest absolute Gasteiger partial charge is 0.399 e. The zero-order valence-electron chi connectivity index (χ0n) is 13.1. The van der Waals surface area contributed by atoms with Gasteiger partial charge in [0.15, 0.2) is 4.90 Å². The molecule has 0 aromatic heterocycles. The molecule has 1 unspecified atom stereocenters. The zero-order valence-corrected chi connectivity index (χ0v) is 13.9. The van der Waals surface area contributed by atoms with E-state index in [0.717, 1.165) is 42.2 Å². The summed E-state index contributed by atoms with van der Waals surface area (Å²) in [7, 11) is -4.42. The lowest BCUT2D eigenvalue weighted by molar-refractivity contribution is -0.388. The third-order valence-electron chi connectivity index (χ3n) is 4.19. The zero-order chi connectivity index (χ0) is 18.2. The molecule has 0 amide bonds. The average Bonchev–Trinajstić information content (AvgIpc) is 2.53. The molecule has 0 saturated carbocycles. The molecule has 132 valence electrons. The minimum absolute atomic E-state index is 0.512. The predicted octanol–water partition coefficient (Wildman–Crippen LogP) is 2.67. The number of anilines is 1. The molecule has 1 atom stereocenters. The first-order valence-electron chi connectivity index (χ1n) is 7.63. The molecule has 0 saturated heterocycles. The van der Waals surface area contributed by atoms with Crippen molar-refractivity contribution in [3.8, 4) is 0 Å². The predicted molar refractivity (Wildman–Crippen MR) is 89.9 cm³/mol. The number of hydrogen-bond donors (Lipinski definition) is 2. The number of nitrogens with zero attached hydrogens (tertiary/aromatic N) is 1.